The van der Waals surface area contributed by atoms with E-state index in [1.807, 2.05) is 12.2 Å². The van der Waals surface area contributed by atoms with Crippen LogP contribution in [0.4, 0.5) is 0 Å². The fourth-order valence-electron chi connectivity index (χ4n) is 1.90. The minimum atomic E-state index is -0.158. The Morgan fingerprint density at radius 1 is 1.62 bits per heavy atom. The van der Waals surface area contributed by atoms with Crippen LogP contribution in [0.25, 0.3) is 0 Å². The van der Waals surface area contributed by atoms with Gasteiger partial charge in [-0.1, -0.05) is 12.2 Å². The quantitative estimate of drug-likeness (QED) is 0.354. The highest BCUT2D eigenvalue weighted by molar-refractivity contribution is 5.77. The zero-order chi connectivity index (χ0) is 9.26. The van der Waals surface area contributed by atoms with Crippen LogP contribution in [0.15, 0.2) is 12.2 Å². The molecule has 1 fully saturated rings. The monoisotopic (exact) mass is 182 g/mol. The molecule has 1 heterocycles. The molecule has 4 nitrogen and oxygen atoms in total. The van der Waals surface area contributed by atoms with Crippen LogP contribution in [0, 0.1) is 17.8 Å². The normalized spacial score (nSPS) is 35.7. The Kier molecular flexibility index (Phi) is 2.04. The summed E-state index contributed by atoms with van der Waals surface area (Å²) in [7, 11) is 0. The lowest BCUT2D eigenvalue weighted by molar-refractivity contribution is -0.140. The van der Waals surface area contributed by atoms with E-state index in [2.05, 4.69) is 4.74 Å². The van der Waals surface area contributed by atoms with Gasteiger partial charge in [-0.05, 0) is 0 Å². The van der Waals surface area contributed by atoms with E-state index in [-0.39, 0.29) is 23.7 Å². The van der Waals surface area contributed by atoms with Gasteiger partial charge in [0.2, 0.25) is 0 Å². The second-order valence-corrected chi connectivity index (χ2v) is 3.30. The van der Waals surface area contributed by atoms with E-state index in [1.54, 1.807) is 0 Å². The largest absolute Gasteiger partial charge is 0.467 e. The first-order chi connectivity index (χ1) is 6.33. The first kappa shape index (κ1) is 8.29. The van der Waals surface area contributed by atoms with Crippen molar-refractivity contribution in [3.05, 3.63) is 12.2 Å². The number of hydrogen-bond acceptors (Lipinski definition) is 4. The smallest absolute Gasteiger partial charge is 0.313 e. The maximum atomic E-state index is 11.1. The van der Waals surface area contributed by atoms with Gasteiger partial charge < -0.3 is 9.47 Å². The summed E-state index contributed by atoms with van der Waals surface area (Å²) >= 11 is 0. The van der Waals surface area contributed by atoms with Crippen LogP contribution >= 0.6 is 0 Å². The van der Waals surface area contributed by atoms with Crippen molar-refractivity contribution in [3.8, 4) is 0 Å². The van der Waals surface area contributed by atoms with E-state index in [0.29, 0.717) is 19.7 Å². The third-order valence-electron chi connectivity index (χ3n) is 2.62. The van der Waals surface area contributed by atoms with Crippen LogP contribution in [0.2, 0.25) is 0 Å². The maximum absolute atomic E-state index is 11.1. The van der Waals surface area contributed by atoms with Crippen LogP contribution in [0.1, 0.15) is 0 Å². The number of rotatable bonds is 3. The Balaban J connectivity index is 1.98. The van der Waals surface area contributed by atoms with Crippen molar-refractivity contribution >= 4 is 12.4 Å². The standard InChI is InChI=1S/C9H10O4/c10-5-12-3-6-1-2-7-8(6)4-13-9(7)11/h1-2,5-8H,3-4H2/t6-,7-,8+/m1/s1. The van der Waals surface area contributed by atoms with Crippen molar-refractivity contribution in [1.29, 1.82) is 0 Å². The molecule has 0 aromatic carbocycles. The van der Waals surface area contributed by atoms with E-state index < -0.39 is 0 Å². The van der Waals surface area contributed by atoms with Crippen molar-refractivity contribution in [2.24, 2.45) is 17.8 Å². The topological polar surface area (TPSA) is 52.6 Å². The van der Waals surface area contributed by atoms with E-state index in [4.69, 9.17) is 4.74 Å². The number of fused-ring (bicyclic) bond motifs is 1. The molecule has 0 N–H and O–H groups in total. The maximum Gasteiger partial charge on any atom is 0.313 e. The molecule has 0 bridgehead atoms. The molecule has 0 amide bonds. The molecular weight excluding hydrogens is 172 g/mol. The highest BCUT2D eigenvalue weighted by Gasteiger charge is 2.42. The lowest BCUT2D eigenvalue weighted by Gasteiger charge is -2.13. The number of cyclic esters (lactones) is 1. The van der Waals surface area contributed by atoms with Gasteiger partial charge in [0.05, 0.1) is 19.1 Å². The molecule has 1 saturated heterocycles. The van der Waals surface area contributed by atoms with Gasteiger partial charge in [-0.25, -0.2) is 0 Å². The number of esters is 1. The number of ether oxygens (including phenoxy) is 2. The van der Waals surface area contributed by atoms with Crippen LogP contribution in [0.5, 0.6) is 0 Å². The van der Waals surface area contributed by atoms with Gasteiger partial charge in [0, 0.05) is 11.8 Å². The summed E-state index contributed by atoms with van der Waals surface area (Å²) in [5.41, 5.74) is 0. The number of carbonyl (C=O) groups is 2. The fourth-order valence-corrected chi connectivity index (χ4v) is 1.90. The molecule has 0 saturated carbocycles. The third kappa shape index (κ3) is 1.32. The molecular formula is C9H10O4. The molecule has 0 unspecified atom stereocenters. The van der Waals surface area contributed by atoms with Gasteiger partial charge in [0.25, 0.3) is 6.47 Å². The molecule has 0 aromatic heterocycles. The lowest BCUT2D eigenvalue weighted by atomic mass is 9.91. The van der Waals surface area contributed by atoms with Crippen LogP contribution in [-0.2, 0) is 19.1 Å². The van der Waals surface area contributed by atoms with Gasteiger partial charge in [-0.2, -0.15) is 0 Å². The average molecular weight is 182 g/mol. The molecule has 2 rings (SSSR count). The SMILES string of the molecule is O=COC[C@H]1C=C[C@H]2C(=O)OC[C@@H]12. The van der Waals surface area contributed by atoms with Gasteiger partial charge in [-0.15, -0.1) is 0 Å². The molecule has 0 spiro atoms. The van der Waals surface area contributed by atoms with E-state index >= 15 is 0 Å². The molecule has 70 valence electrons. The van der Waals surface area contributed by atoms with Gasteiger partial charge in [-0.3, -0.25) is 9.59 Å². The molecule has 13 heavy (non-hydrogen) atoms. The molecule has 3 atom stereocenters. The summed E-state index contributed by atoms with van der Waals surface area (Å²) in [6, 6.07) is 0. The van der Waals surface area contributed by atoms with Crippen LogP contribution in [-0.4, -0.2) is 25.7 Å². The fraction of sp³-hybridized carbons (Fsp3) is 0.556. The van der Waals surface area contributed by atoms with Crippen molar-refractivity contribution < 1.29 is 19.1 Å². The Bertz CT molecular complexity index is 258. The predicted octanol–water partition coefficient (Wildman–Crippen LogP) is 0.135. The summed E-state index contributed by atoms with van der Waals surface area (Å²) in [6.07, 6.45) is 3.78. The van der Waals surface area contributed by atoms with Crippen molar-refractivity contribution in [2.75, 3.05) is 13.2 Å². The summed E-state index contributed by atoms with van der Waals surface area (Å²) in [5.74, 6) is 0.0456. The van der Waals surface area contributed by atoms with Gasteiger partial charge in [0.15, 0.2) is 0 Å². The summed E-state index contributed by atoms with van der Waals surface area (Å²) in [5, 5.41) is 0. The van der Waals surface area contributed by atoms with Crippen molar-refractivity contribution in [3.63, 3.8) is 0 Å². The first-order valence-corrected chi connectivity index (χ1v) is 4.23. The summed E-state index contributed by atoms with van der Waals surface area (Å²) in [6.45, 7) is 1.22. The highest BCUT2D eigenvalue weighted by atomic mass is 16.5. The summed E-state index contributed by atoms with van der Waals surface area (Å²) < 4.78 is 9.56. The van der Waals surface area contributed by atoms with E-state index in [0.717, 1.165) is 0 Å². The molecule has 1 aliphatic carbocycles. The molecule has 0 radical (unpaired) electrons. The first-order valence-electron chi connectivity index (χ1n) is 4.23. The number of hydrogen-bond donors (Lipinski definition) is 0. The van der Waals surface area contributed by atoms with Crippen molar-refractivity contribution in [2.45, 2.75) is 0 Å². The zero-order valence-corrected chi connectivity index (χ0v) is 7.01. The van der Waals surface area contributed by atoms with Gasteiger partial charge in [0.1, 0.15) is 0 Å². The van der Waals surface area contributed by atoms with E-state index in [1.165, 1.54) is 0 Å². The van der Waals surface area contributed by atoms with Crippen molar-refractivity contribution in [1.82, 2.24) is 0 Å². The minimum Gasteiger partial charge on any atom is -0.467 e. The Morgan fingerprint density at radius 3 is 3.23 bits per heavy atom. The van der Waals surface area contributed by atoms with E-state index in [9.17, 15) is 9.59 Å². The average Bonchev–Trinajstić information content (AvgIpc) is 2.67. The summed E-state index contributed by atoms with van der Waals surface area (Å²) in [4.78, 5) is 21.1. The zero-order valence-electron chi connectivity index (χ0n) is 7.01. The number of carbonyl (C=O) groups excluding carboxylic acids is 2. The Hall–Kier alpha value is -1.32. The Morgan fingerprint density at radius 2 is 2.46 bits per heavy atom. The lowest BCUT2D eigenvalue weighted by Crippen LogP contribution is -2.19. The molecule has 2 aliphatic rings. The second-order valence-electron chi connectivity index (χ2n) is 3.30. The minimum absolute atomic E-state index is 0.111. The second kappa shape index (κ2) is 3.20. The third-order valence-corrected chi connectivity index (χ3v) is 2.62. The molecule has 4 heteroatoms. The predicted molar refractivity (Wildman–Crippen MR) is 42.6 cm³/mol. The van der Waals surface area contributed by atoms with Gasteiger partial charge >= 0.3 is 5.97 Å². The van der Waals surface area contributed by atoms with Crippen LogP contribution in [0.3, 0.4) is 0 Å². The highest BCUT2D eigenvalue weighted by Crippen LogP contribution is 2.36. The molecule has 1 aliphatic heterocycles. The molecule has 0 aromatic rings. The van der Waals surface area contributed by atoms with Crippen LogP contribution < -0.4 is 0 Å². The Labute approximate surface area is 75.5 Å².